The predicted molar refractivity (Wildman–Crippen MR) is 55.8 cm³/mol. The molecule has 0 bridgehead atoms. The first-order valence-electron chi connectivity index (χ1n) is 4.49. The summed E-state index contributed by atoms with van der Waals surface area (Å²) in [6, 6.07) is 1.94. The first-order valence-corrected chi connectivity index (χ1v) is 4.87. The quantitative estimate of drug-likeness (QED) is 0.804. The molecule has 3 heteroatoms. The molecule has 2 nitrogen and oxygen atoms in total. The fraction of sp³-hybridized carbons (Fsp3) is 0.500. The number of pyridine rings is 1. The zero-order valence-corrected chi connectivity index (χ0v) is 8.80. The summed E-state index contributed by atoms with van der Waals surface area (Å²) in [7, 11) is 0. The molecule has 0 aliphatic carbocycles. The second-order valence-electron chi connectivity index (χ2n) is 3.49. The fourth-order valence-electron chi connectivity index (χ4n) is 1.04. The lowest BCUT2D eigenvalue weighted by Crippen LogP contribution is -2.19. The van der Waals surface area contributed by atoms with Gasteiger partial charge in [-0.1, -0.05) is 25.4 Å². The van der Waals surface area contributed by atoms with E-state index in [4.69, 9.17) is 11.6 Å². The third-order valence-electron chi connectivity index (χ3n) is 1.72. The molecule has 0 saturated heterocycles. The van der Waals surface area contributed by atoms with Crippen LogP contribution in [0.3, 0.4) is 0 Å². The summed E-state index contributed by atoms with van der Waals surface area (Å²) in [5.41, 5.74) is 1.11. The lowest BCUT2D eigenvalue weighted by molar-refractivity contribution is 0.552. The van der Waals surface area contributed by atoms with Gasteiger partial charge in [0.1, 0.15) is 0 Å². The van der Waals surface area contributed by atoms with Crippen LogP contribution in [-0.2, 0) is 6.54 Å². The first kappa shape index (κ1) is 10.5. The predicted octanol–water partition coefficient (Wildman–Crippen LogP) is 2.48. The molecular formula is C10H15ClN2. The van der Waals surface area contributed by atoms with Crippen molar-refractivity contribution in [2.24, 2.45) is 5.92 Å². The summed E-state index contributed by atoms with van der Waals surface area (Å²) >= 11 is 5.94. The summed E-state index contributed by atoms with van der Waals surface area (Å²) < 4.78 is 0. The molecule has 13 heavy (non-hydrogen) atoms. The van der Waals surface area contributed by atoms with Crippen molar-refractivity contribution in [3.8, 4) is 0 Å². The molecule has 72 valence electrons. The Balaban J connectivity index is 2.41. The van der Waals surface area contributed by atoms with Crippen molar-refractivity contribution in [1.29, 1.82) is 0 Å². The van der Waals surface area contributed by atoms with E-state index in [9.17, 15) is 0 Å². The van der Waals surface area contributed by atoms with Gasteiger partial charge < -0.3 is 5.32 Å². The van der Waals surface area contributed by atoms with Gasteiger partial charge in [-0.3, -0.25) is 4.98 Å². The third-order valence-corrected chi connectivity index (χ3v) is 2.06. The van der Waals surface area contributed by atoms with Crippen LogP contribution in [0, 0.1) is 5.92 Å². The summed E-state index contributed by atoms with van der Waals surface area (Å²) in [6.45, 7) is 6.19. The molecular weight excluding hydrogens is 184 g/mol. The number of halogens is 1. The highest BCUT2D eigenvalue weighted by Gasteiger charge is 1.99. The molecule has 0 amide bonds. The van der Waals surface area contributed by atoms with Crippen LogP contribution in [0.25, 0.3) is 0 Å². The lowest BCUT2D eigenvalue weighted by Gasteiger charge is -2.07. The molecule has 1 aromatic rings. The highest BCUT2D eigenvalue weighted by atomic mass is 35.5. The number of hydrogen-bond acceptors (Lipinski definition) is 2. The molecule has 0 radical (unpaired) electrons. The minimum Gasteiger partial charge on any atom is -0.312 e. The Labute approximate surface area is 84.3 Å². The van der Waals surface area contributed by atoms with Gasteiger partial charge in [0.15, 0.2) is 0 Å². The van der Waals surface area contributed by atoms with Gasteiger partial charge in [-0.25, -0.2) is 0 Å². The Kier molecular flexibility index (Phi) is 4.19. The van der Waals surface area contributed by atoms with Gasteiger partial charge in [-0.05, 0) is 24.1 Å². The van der Waals surface area contributed by atoms with Crippen molar-refractivity contribution < 1.29 is 0 Å². The standard InChI is InChI=1S/C10H15ClN2/c1-8(2)5-13-6-9-3-4-12-7-10(9)11/h3-4,7-8,13H,5-6H2,1-2H3. The normalized spacial score (nSPS) is 10.8. The molecule has 1 aromatic heterocycles. The van der Waals surface area contributed by atoms with Crippen LogP contribution in [-0.4, -0.2) is 11.5 Å². The van der Waals surface area contributed by atoms with Crippen LogP contribution in [0.1, 0.15) is 19.4 Å². The van der Waals surface area contributed by atoms with Gasteiger partial charge in [-0.15, -0.1) is 0 Å². The summed E-state index contributed by atoms with van der Waals surface area (Å²) in [5.74, 6) is 0.667. The van der Waals surface area contributed by atoms with Gasteiger partial charge in [0.25, 0.3) is 0 Å². The highest BCUT2D eigenvalue weighted by molar-refractivity contribution is 6.31. The monoisotopic (exact) mass is 198 g/mol. The Morgan fingerprint density at radius 2 is 2.31 bits per heavy atom. The van der Waals surface area contributed by atoms with Crippen molar-refractivity contribution >= 4 is 11.6 Å². The molecule has 0 aliphatic rings. The second kappa shape index (κ2) is 5.20. The van der Waals surface area contributed by atoms with E-state index in [1.54, 1.807) is 12.4 Å². The molecule has 0 fully saturated rings. The third kappa shape index (κ3) is 3.75. The Hall–Kier alpha value is -0.600. The van der Waals surface area contributed by atoms with Gasteiger partial charge >= 0.3 is 0 Å². The minimum absolute atomic E-state index is 0.667. The molecule has 0 spiro atoms. The second-order valence-corrected chi connectivity index (χ2v) is 3.90. The number of hydrogen-bond donors (Lipinski definition) is 1. The van der Waals surface area contributed by atoms with Crippen molar-refractivity contribution in [2.75, 3.05) is 6.54 Å². The van der Waals surface area contributed by atoms with Gasteiger partial charge in [0, 0.05) is 18.9 Å². The minimum atomic E-state index is 0.667. The summed E-state index contributed by atoms with van der Waals surface area (Å²) in [4.78, 5) is 3.93. The lowest BCUT2D eigenvalue weighted by atomic mass is 10.2. The maximum absolute atomic E-state index is 5.94. The molecule has 1 heterocycles. The zero-order chi connectivity index (χ0) is 9.68. The molecule has 0 unspecified atom stereocenters. The molecule has 0 atom stereocenters. The molecule has 0 saturated carbocycles. The van der Waals surface area contributed by atoms with E-state index in [1.165, 1.54) is 0 Å². The zero-order valence-electron chi connectivity index (χ0n) is 8.05. The van der Waals surface area contributed by atoms with Crippen molar-refractivity contribution in [1.82, 2.24) is 10.3 Å². The van der Waals surface area contributed by atoms with E-state index in [1.807, 2.05) is 6.07 Å². The van der Waals surface area contributed by atoms with Crippen molar-refractivity contribution in [3.05, 3.63) is 29.0 Å². The van der Waals surface area contributed by atoms with Gasteiger partial charge in [-0.2, -0.15) is 0 Å². The summed E-state index contributed by atoms with van der Waals surface area (Å²) in [6.07, 6.45) is 3.44. The van der Waals surface area contributed by atoms with E-state index < -0.39 is 0 Å². The number of rotatable bonds is 4. The van der Waals surface area contributed by atoms with Crippen LogP contribution in [0.2, 0.25) is 5.02 Å². The fourth-order valence-corrected chi connectivity index (χ4v) is 1.23. The van der Waals surface area contributed by atoms with Gasteiger partial charge in [0.05, 0.1) is 5.02 Å². The van der Waals surface area contributed by atoms with E-state index in [2.05, 4.69) is 24.1 Å². The molecule has 0 aromatic carbocycles. The number of nitrogens with zero attached hydrogens (tertiary/aromatic N) is 1. The van der Waals surface area contributed by atoms with Gasteiger partial charge in [0.2, 0.25) is 0 Å². The number of nitrogens with one attached hydrogen (secondary N) is 1. The van der Waals surface area contributed by atoms with E-state index in [0.717, 1.165) is 23.7 Å². The Bertz CT molecular complexity index is 261. The largest absolute Gasteiger partial charge is 0.312 e. The van der Waals surface area contributed by atoms with Crippen LogP contribution in [0.5, 0.6) is 0 Å². The van der Waals surface area contributed by atoms with E-state index >= 15 is 0 Å². The van der Waals surface area contributed by atoms with Crippen LogP contribution in [0.15, 0.2) is 18.5 Å². The SMILES string of the molecule is CC(C)CNCc1ccncc1Cl. The van der Waals surface area contributed by atoms with Crippen molar-refractivity contribution in [2.45, 2.75) is 20.4 Å². The first-order chi connectivity index (χ1) is 6.20. The average molecular weight is 199 g/mol. The number of aromatic nitrogens is 1. The molecule has 1 rings (SSSR count). The van der Waals surface area contributed by atoms with E-state index in [0.29, 0.717) is 5.92 Å². The molecule has 1 N–H and O–H groups in total. The van der Waals surface area contributed by atoms with E-state index in [-0.39, 0.29) is 0 Å². The maximum atomic E-state index is 5.94. The van der Waals surface area contributed by atoms with Crippen molar-refractivity contribution in [3.63, 3.8) is 0 Å². The van der Waals surface area contributed by atoms with Crippen LogP contribution < -0.4 is 5.32 Å². The van der Waals surface area contributed by atoms with Crippen LogP contribution in [0.4, 0.5) is 0 Å². The Morgan fingerprint density at radius 1 is 1.54 bits per heavy atom. The smallest absolute Gasteiger partial charge is 0.0634 e. The van der Waals surface area contributed by atoms with Crippen LogP contribution >= 0.6 is 11.6 Å². The summed E-state index contributed by atoms with van der Waals surface area (Å²) in [5, 5.41) is 4.06. The topological polar surface area (TPSA) is 24.9 Å². The highest BCUT2D eigenvalue weighted by Crippen LogP contribution is 2.12. The average Bonchev–Trinajstić information content (AvgIpc) is 2.08. The Morgan fingerprint density at radius 3 is 2.92 bits per heavy atom. The maximum Gasteiger partial charge on any atom is 0.0634 e. The molecule has 0 aliphatic heterocycles.